The van der Waals surface area contributed by atoms with E-state index >= 15 is 0 Å². The van der Waals surface area contributed by atoms with E-state index < -0.39 is 0 Å². The van der Waals surface area contributed by atoms with Crippen LogP contribution in [0.3, 0.4) is 0 Å². The third-order valence-corrected chi connectivity index (χ3v) is 7.98. The molecule has 5 rings (SSSR count). The SMILES string of the molecule is CC[C@]12C=CCN3CC[C@]4(C(=C(C(=O)OC)C1)N(C(C)=O)c1ccc(Br)cc14)[C@@H]32. The summed E-state index contributed by atoms with van der Waals surface area (Å²) >= 11 is 3.64. The van der Waals surface area contributed by atoms with Crippen molar-refractivity contribution < 1.29 is 14.3 Å². The Kier molecular flexibility index (Phi) is 4.13. The third kappa shape index (κ3) is 2.24. The normalized spacial score (nSPS) is 32.1. The number of hydrogen-bond acceptors (Lipinski definition) is 4. The molecule has 1 aliphatic carbocycles. The zero-order valence-electron chi connectivity index (χ0n) is 17.0. The van der Waals surface area contributed by atoms with E-state index in [-0.39, 0.29) is 28.7 Å². The molecule has 1 spiro atoms. The van der Waals surface area contributed by atoms with Crippen molar-refractivity contribution in [3.8, 4) is 0 Å². The number of benzene rings is 1. The fourth-order valence-corrected chi connectivity index (χ4v) is 6.89. The van der Waals surface area contributed by atoms with Crippen LogP contribution in [-0.2, 0) is 19.7 Å². The van der Waals surface area contributed by atoms with Crippen molar-refractivity contribution in [2.24, 2.45) is 5.41 Å². The van der Waals surface area contributed by atoms with Crippen molar-refractivity contribution in [1.29, 1.82) is 0 Å². The highest BCUT2D eigenvalue weighted by molar-refractivity contribution is 9.10. The molecule has 3 atom stereocenters. The Morgan fingerprint density at radius 3 is 2.83 bits per heavy atom. The highest BCUT2D eigenvalue weighted by Gasteiger charge is 2.67. The van der Waals surface area contributed by atoms with E-state index in [1.54, 1.807) is 11.8 Å². The number of carbonyl (C=O) groups is 2. The second-order valence-corrected chi connectivity index (χ2v) is 9.54. The molecular weight excluding hydrogens is 432 g/mol. The van der Waals surface area contributed by atoms with E-state index in [9.17, 15) is 9.59 Å². The molecule has 0 N–H and O–H groups in total. The van der Waals surface area contributed by atoms with Crippen LogP contribution in [0.1, 0.15) is 38.7 Å². The van der Waals surface area contributed by atoms with Crippen LogP contribution in [0.25, 0.3) is 0 Å². The average Bonchev–Trinajstić information content (AvgIpc) is 3.25. The minimum Gasteiger partial charge on any atom is -0.466 e. The number of anilines is 1. The summed E-state index contributed by atoms with van der Waals surface area (Å²) in [5, 5.41) is 0. The summed E-state index contributed by atoms with van der Waals surface area (Å²) < 4.78 is 6.23. The molecule has 1 aromatic rings. The first kappa shape index (κ1) is 19.1. The molecule has 6 heteroatoms. The number of methoxy groups -OCH3 is 1. The van der Waals surface area contributed by atoms with Crippen LogP contribution in [0.15, 0.2) is 46.1 Å². The summed E-state index contributed by atoms with van der Waals surface area (Å²) in [5.74, 6) is -0.378. The minimum atomic E-state index is -0.382. The molecule has 5 nitrogen and oxygen atoms in total. The summed E-state index contributed by atoms with van der Waals surface area (Å²) in [6.07, 6.45) is 7.01. The largest absolute Gasteiger partial charge is 0.466 e. The van der Waals surface area contributed by atoms with Crippen molar-refractivity contribution in [2.45, 2.75) is 44.6 Å². The monoisotopic (exact) mass is 456 g/mol. The molecule has 0 bridgehead atoms. The molecule has 0 unspecified atom stereocenters. The van der Waals surface area contributed by atoms with Crippen molar-refractivity contribution in [2.75, 3.05) is 25.1 Å². The number of esters is 1. The molecule has 1 fully saturated rings. The molecular formula is C23H25BrN2O3. The second kappa shape index (κ2) is 6.29. The zero-order chi connectivity index (χ0) is 20.6. The van der Waals surface area contributed by atoms with Gasteiger partial charge in [0, 0.05) is 41.6 Å². The van der Waals surface area contributed by atoms with Crippen LogP contribution in [-0.4, -0.2) is 43.0 Å². The second-order valence-electron chi connectivity index (χ2n) is 8.62. The molecule has 3 heterocycles. The smallest absolute Gasteiger partial charge is 0.335 e. The van der Waals surface area contributed by atoms with Crippen LogP contribution < -0.4 is 4.90 Å². The van der Waals surface area contributed by atoms with Gasteiger partial charge in [-0.3, -0.25) is 14.6 Å². The van der Waals surface area contributed by atoms with E-state index in [1.165, 1.54) is 7.11 Å². The number of ether oxygens (including phenoxy) is 1. The lowest BCUT2D eigenvalue weighted by Crippen LogP contribution is -2.59. The van der Waals surface area contributed by atoms with Gasteiger partial charge in [0.25, 0.3) is 0 Å². The van der Waals surface area contributed by atoms with Gasteiger partial charge in [0.05, 0.1) is 23.8 Å². The van der Waals surface area contributed by atoms with Gasteiger partial charge in [0.15, 0.2) is 0 Å². The first-order chi connectivity index (χ1) is 13.9. The maximum atomic E-state index is 13.0. The molecule has 4 aliphatic rings. The number of fused-ring (bicyclic) bond motifs is 1. The lowest BCUT2D eigenvalue weighted by Gasteiger charge is -2.54. The Morgan fingerprint density at radius 2 is 2.14 bits per heavy atom. The van der Waals surface area contributed by atoms with Crippen LogP contribution in [0.5, 0.6) is 0 Å². The summed E-state index contributed by atoms with van der Waals surface area (Å²) in [6.45, 7) is 5.66. The van der Waals surface area contributed by atoms with Crippen molar-refractivity contribution in [1.82, 2.24) is 4.90 Å². The van der Waals surface area contributed by atoms with Crippen LogP contribution >= 0.6 is 15.9 Å². The number of amides is 1. The lowest BCUT2D eigenvalue weighted by molar-refractivity contribution is -0.137. The third-order valence-electron chi connectivity index (χ3n) is 7.48. The molecule has 1 amide bonds. The Morgan fingerprint density at radius 1 is 1.34 bits per heavy atom. The predicted molar refractivity (Wildman–Crippen MR) is 114 cm³/mol. The first-order valence-corrected chi connectivity index (χ1v) is 11.0. The van der Waals surface area contributed by atoms with Gasteiger partial charge in [-0.2, -0.15) is 0 Å². The molecule has 1 saturated heterocycles. The predicted octanol–water partition coefficient (Wildman–Crippen LogP) is 3.92. The Hall–Kier alpha value is -1.92. The molecule has 0 aromatic heterocycles. The zero-order valence-corrected chi connectivity index (χ0v) is 18.6. The van der Waals surface area contributed by atoms with Gasteiger partial charge in [-0.05, 0) is 43.0 Å². The first-order valence-electron chi connectivity index (χ1n) is 10.2. The Balaban J connectivity index is 1.91. The van der Waals surface area contributed by atoms with E-state index in [0.29, 0.717) is 12.0 Å². The molecule has 1 aromatic carbocycles. The van der Waals surface area contributed by atoms with E-state index in [1.807, 2.05) is 12.1 Å². The Labute approximate surface area is 179 Å². The standard InChI is InChI=1S/C23H25BrN2O3/c1-4-22-8-5-10-25-11-9-23(21(22)25)17-12-15(24)6-7-18(17)26(14(2)27)19(23)16(13-22)20(28)29-3/h5-8,12,21H,4,9-11,13H2,1-3H3/t21-,22-,23-/m0/s1. The number of hydrogen-bond donors (Lipinski definition) is 0. The maximum Gasteiger partial charge on any atom is 0.335 e. The van der Waals surface area contributed by atoms with Gasteiger partial charge in [0.1, 0.15) is 0 Å². The lowest BCUT2D eigenvalue weighted by atomic mass is 9.55. The van der Waals surface area contributed by atoms with Crippen LogP contribution in [0.2, 0.25) is 0 Å². The molecule has 3 aliphatic heterocycles. The molecule has 29 heavy (non-hydrogen) atoms. The van der Waals surface area contributed by atoms with Crippen molar-refractivity contribution in [3.63, 3.8) is 0 Å². The van der Waals surface area contributed by atoms with E-state index in [2.05, 4.69) is 46.0 Å². The van der Waals surface area contributed by atoms with Crippen molar-refractivity contribution >= 4 is 33.5 Å². The number of rotatable bonds is 2. The summed E-state index contributed by atoms with van der Waals surface area (Å²) in [4.78, 5) is 30.3. The quantitative estimate of drug-likeness (QED) is 0.499. The van der Waals surface area contributed by atoms with Crippen molar-refractivity contribution in [3.05, 3.63) is 51.7 Å². The van der Waals surface area contributed by atoms with Crippen LogP contribution in [0.4, 0.5) is 5.69 Å². The minimum absolute atomic E-state index is 0.0596. The molecule has 0 saturated carbocycles. The average molecular weight is 457 g/mol. The maximum absolute atomic E-state index is 13.0. The molecule has 0 radical (unpaired) electrons. The fourth-order valence-electron chi connectivity index (χ4n) is 6.53. The van der Waals surface area contributed by atoms with Gasteiger partial charge in [-0.15, -0.1) is 0 Å². The topological polar surface area (TPSA) is 49.9 Å². The summed E-state index contributed by atoms with van der Waals surface area (Å²) in [5.41, 5.74) is 3.04. The van der Waals surface area contributed by atoms with Gasteiger partial charge in [-0.1, -0.05) is 35.0 Å². The van der Waals surface area contributed by atoms with Gasteiger partial charge >= 0.3 is 5.97 Å². The highest BCUT2D eigenvalue weighted by atomic mass is 79.9. The van der Waals surface area contributed by atoms with Gasteiger partial charge in [-0.25, -0.2) is 4.79 Å². The molecule has 152 valence electrons. The number of halogens is 1. The number of carbonyl (C=O) groups excluding carboxylic acids is 2. The fraction of sp³-hybridized carbons (Fsp3) is 0.478. The number of nitrogens with zero attached hydrogens (tertiary/aromatic N) is 2. The van der Waals surface area contributed by atoms with E-state index in [0.717, 1.165) is 47.4 Å². The summed E-state index contributed by atoms with van der Waals surface area (Å²) in [7, 11) is 1.43. The van der Waals surface area contributed by atoms with Gasteiger partial charge in [0.2, 0.25) is 5.91 Å². The Bertz CT molecular complexity index is 1000. The van der Waals surface area contributed by atoms with E-state index in [4.69, 9.17) is 4.74 Å². The highest BCUT2D eigenvalue weighted by Crippen LogP contribution is 2.66. The summed E-state index contributed by atoms with van der Waals surface area (Å²) in [6, 6.07) is 6.36. The van der Waals surface area contributed by atoms with Gasteiger partial charge < -0.3 is 4.74 Å². The van der Waals surface area contributed by atoms with Crippen LogP contribution in [0, 0.1) is 5.41 Å².